The second kappa shape index (κ2) is 6.77. The van der Waals surface area contributed by atoms with E-state index in [0.29, 0.717) is 23.2 Å². The smallest absolute Gasteiger partial charge is 0.207 e. The van der Waals surface area contributed by atoms with E-state index >= 15 is 0 Å². The summed E-state index contributed by atoms with van der Waals surface area (Å²) < 4.78 is 26.9. The van der Waals surface area contributed by atoms with Crippen LogP contribution in [0.1, 0.15) is 26.2 Å². The van der Waals surface area contributed by atoms with Crippen LogP contribution in [0.15, 0.2) is 35.2 Å². The maximum atomic E-state index is 12.6. The lowest BCUT2D eigenvalue weighted by atomic mass is 10.2. The number of sulfonamides is 1. The summed E-state index contributed by atoms with van der Waals surface area (Å²) in [6.45, 7) is 3.43. The fraction of sp³-hybridized carbons (Fsp3) is 0.571. The monoisotopic (exact) mass is 299 g/mol. The van der Waals surface area contributed by atoms with Crippen molar-refractivity contribution in [2.24, 2.45) is 0 Å². The molecule has 1 aliphatic heterocycles. The second-order valence-electron chi connectivity index (χ2n) is 4.75. The zero-order valence-corrected chi connectivity index (χ0v) is 12.9. The largest absolute Gasteiger partial charge is 0.243 e. The minimum atomic E-state index is -3.32. The molecule has 1 aromatic rings. The van der Waals surface area contributed by atoms with Crippen LogP contribution in [-0.2, 0) is 10.0 Å². The molecule has 0 aromatic heterocycles. The summed E-state index contributed by atoms with van der Waals surface area (Å²) >= 11 is 1.87. The maximum Gasteiger partial charge on any atom is 0.243 e. The van der Waals surface area contributed by atoms with Crippen molar-refractivity contribution < 1.29 is 8.42 Å². The maximum absolute atomic E-state index is 12.6. The van der Waals surface area contributed by atoms with Crippen molar-refractivity contribution in [2.75, 3.05) is 18.8 Å². The number of thioether (sulfide) groups is 1. The van der Waals surface area contributed by atoms with Crippen LogP contribution in [0.25, 0.3) is 0 Å². The normalized spacial score (nSPS) is 22.1. The Kier molecular flexibility index (Phi) is 5.30. The van der Waals surface area contributed by atoms with Crippen molar-refractivity contribution >= 4 is 21.8 Å². The van der Waals surface area contributed by atoms with E-state index in [9.17, 15) is 8.42 Å². The Balaban J connectivity index is 2.19. The van der Waals surface area contributed by atoms with Crippen LogP contribution in [0.4, 0.5) is 0 Å². The highest BCUT2D eigenvalue weighted by Crippen LogP contribution is 2.26. The van der Waals surface area contributed by atoms with Gasteiger partial charge in [0.15, 0.2) is 0 Å². The third kappa shape index (κ3) is 3.74. The van der Waals surface area contributed by atoms with Gasteiger partial charge in [0.25, 0.3) is 0 Å². The molecule has 0 bridgehead atoms. The lowest BCUT2D eigenvalue weighted by molar-refractivity contribution is 0.426. The molecule has 106 valence electrons. The highest BCUT2D eigenvalue weighted by Gasteiger charge is 2.28. The fourth-order valence-corrected chi connectivity index (χ4v) is 5.13. The quantitative estimate of drug-likeness (QED) is 0.858. The molecule has 1 fully saturated rings. The standard InChI is InChI=1S/C14H21NO2S2/c1-2-18-13-8-6-7-11-15(12-13)19(16,17)14-9-4-3-5-10-14/h3-5,9-10,13H,2,6-8,11-12H2,1H3. The van der Waals surface area contributed by atoms with Gasteiger partial charge in [0.05, 0.1) is 4.90 Å². The van der Waals surface area contributed by atoms with E-state index in [-0.39, 0.29) is 0 Å². The molecule has 1 heterocycles. The van der Waals surface area contributed by atoms with Gasteiger partial charge in [0.2, 0.25) is 10.0 Å². The number of benzene rings is 1. The van der Waals surface area contributed by atoms with Crippen molar-refractivity contribution in [2.45, 2.75) is 36.3 Å². The van der Waals surface area contributed by atoms with Crippen LogP contribution in [0.5, 0.6) is 0 Å². The molecule has 1 aromatic carbocycles. The molecule has 1 unspecified atom stereocenters. The van der Waals surface area contributed by atoms with E-state index in [1.807, 2.05) is 17.8 Å². The predicted molar refractivity (Wildman–Crippen MR) is 81.0 cm³/mol. The summed E-state index contributed by atoms with van der Waals surface area (Å²) in [6, 6.07) is 8.77. The number of hydrogen-bond donors (Lipinski definition) is 0. The molecular formula is C14H21NO2S2. The number of nitrogens with zero attached hydrogens (tertiary/aromatic N) is 1. The molecule has 19 heavy (non-hydrogen) atoms. The molecule has 1 saturated heterocycles. The summed E-state index contributed by atoms with van der Waals surface area (Å²) in [4.78, 5) is 0.414. The molecule has 0 amide bonds. The van der Waals surface area contributed by atoms with Crippen LogP contribution in [0.2, 0.25) is 0 Å². The topological polar surface area (TPSA) is 37.4 Å². The summed E-state index contributed by atoms with van der Waals surface area (Å²) in [5.41, 5.74) is 0. The lowest BCUT2D eigenvalue weighted by Gasteiger charge is -2.23. The number of hydrogen-bond acceptors (Lipinski definition) is 3. The number of rotatable bonds is 4. The first-order chi connectivity index (χ1) is 9.14. The van der Waals surface area contributed by atoms with Gasteiger partial charge in [0, 0.05) is 18.3 Å². The van der Waals surface area contributed by atoms with Crippen LogP contribution < -0.4 is 0 Å². The van der Waals surface area contributed by atoms with E-state index in [0.717, 1.165) is 25.0 Å². The Labute approximate surface area is 120 Å². The Morgan fingerprint density at radius 3 is 2.68 bits per heavy atom. The second-order valence-corrected chi connectivity index (χ2v) is 8.26. The molecule has 0 N–H and O–H groups in total. The molecule has 1 atom stereocenters. The SMILES string of the molecule is CCSC1CCCCN(S(=O)(=O)c2ccccc2)C1. The van der Waals surface area contributed by atoms with Gasteiger partial charge in [-0.15, -0.1) is 0 Å². The minimum absolute atomic E-state index is 0.414. The summed E-state index contributed by atoms with van der Waals surface area (Å²) in [6.07, 6.45) is 3.21. The summed E-state index contributed by atoms with van der Waals surface area (Å²) in [7, 11) is -3.32. The molecule has 1 aliphatic rings. The average Bonchev–Trinajstić information content (AvgIpc) is 2.66. The van der Waals surface area contributed by atoms with Crippen LogP contribution in [0, 0.1) is 0 Å². The zero-order chi connectivity index (χ0) is 13.7. The Morgan fingerprint density at radius 1 is 1.26 bits per heavy atom. The van der Waals surface area contributed by atoms with E-state index < -0.39 is 10.0 Å². The first-order valence-electron chi connectivity index (χ1n) is 6.81. The van der Waals surface area contributed by atoms with Crippen molar-refractivity contribution in [1.29, 1.82) is 0 Å². The van der Waals surface area contributed by atoms with Gasteiger partial charge in [-0.05, 0) is 30.7 Å². The van der Waals surface area contributed by atoms with E-state index in [1.165, 1.54) is 0 Å². The molecule has 0 radical (unpaired) electrons. The Morgan fingerprint density at radius 2 is 2.00 bits per heavy atom. The van der Waals surface area contributed by atoms with Gasteiger partial charge in [-0.1, -0.05) is 31.5 Å². The van der Waals surface area contributed by atoms with E-state index in [2.05, 4.69) is 6.92 Å². The van der Waals surface area contributed by atoms with Crippen LogP contribution >= 0.6 is 11.8 Å². The average molecular weight is 299 g/mol. The van der Waals surface area contributed by atoms with E-state index in [1.54, 1.807) is 28.6 Å². The molecule has 3 nitrogen and oxygen atoms in total. The van der Waals surface area contributed by atoms with Gasteiger partial charge in [0.1, 0.15) is 0 Å². The Bertz CT molecular complexity index is 487. The summed E-state index contributed by atoms with van der Waals surface area (Å²) in [5, 5.41) is 0.436. The lowest BCUT2D eigenvalue weighted by Crippen LogP contribution is -2.35. The third-order valence-corrected chi connectivity index (χ3v) is 6.44. The van der Waals surface area contributed by atoms with Gasteiger partial charge in [-0.3, -0.25) is 0 Å². The third-order valence-electron chi connectivity index (χ3n) is 3.37. The van der Waals surface area contributed by atoms with Crippen LogP contribution in [-0.4, -0.2) is 36.8 Å². The highest BCUT2D eigenvalue weighted by atomic mass is 32.2. The summed E-state index contributed by atoms with van der Waals surface area (Å²) in [5.74, 6) is 1.05. The van der Waals surface area contributed by atoms with Crippen molar-refractivity contribution in [3.05, 3.63) is 30.3 Å². The molecule has 0 spiro atoms. The molecule has 2 rings (SSSR count). The zero-order valence-electron chi connectivity index (χ0n) is 11.3. The molecule has 0 aliphatic carbocycles. The van der Waals surface area contributed by atoms with Gasteiger partial charge in [-0.25, -0.2) is 8.42 Å². The minimum Gasteiger partial charge on any atom is -0.207 e. The first-order valence-corrected chi connectivity index (χ1v) is 9.30. The first kappa shape index (κ1) is 14.9. The molecular weight excluding hydrogens is 278 g/mol. The fourth-order valence-electron chi connectivity index (χ4n) is 2.40. The van der Waals surface area contributed by atoms with E-state index in [4.69, 9.17) is 0 Å². The van der Waals surface area contributed by atoms with Gasteiger partial charge in [-0.2, -0.15) is 16.1 Å². The van der Waals surface area contributed by atoms with Crippen molar-refractivity contribution in [3.8, 4) is 0 Å². The molecule has 5 heteroatoms. The van der Waals surface area contributed by atoms with Crippen molar-refractivity contribution in [3.63, 3.8) is 0 Å². The van der Waals surface area contributed by atoms with Crippen LogP contribution in [0.3, 0.4) is 0 Å². The Hall–Kier alpha value is -0.520. The van der Waals surface area contributed by atoms with Gasteiger partial charge < -0.3 is 0 Å². The van der Waals surface area contributed by atoms with Gasteiger partial charge >= 0.3 is 0 Å². The molecule has 0 saturated carbocycles. The predicted octanol–water partition coefficient (Wildman–Crippen LogP) is 2.98. The van der Waals surface area contributed by atoms with Crippen molar-refractivity contribution in [1.82, 2.24) is 4.31 Å². The highest BCUT2D eigenvalue weighted by molar-refractivity contribution is 7.99.